The Bertz CT molecular complexity index is 406. The number of rotatable bonds is 4. The molecule has 1 rings (SSSR count). The minimum atomic E-state index is -4.52. The Morgan fingerprint density at radius 2 is 1.89 bits per heavy atom. The molecule has 0 saturated carbocycles. The Kier molecular flexibility index (Phi) is 5.01. The predicted molar refractivity (Wildman–Crippen MR) is 67.4 cm³/mol. The van der Waals surface area contributed by atoms with Crippen molar-refractivity contribution in [1.29, 1.82) is 0 Å². The van der Waals surface area contributed by atoms with Crippen LogP contribution < -0.4 is 5.32 Å². The number of hydrogen-bond donors (Lipinski definition) is 1. The van der Waals surface area contributed by atoms with Crippen LogP contribution in [0.1, 0.15) is 19.4 Å². The van der Waals surface area contributed by atoms with Gasteiger partial charge in [0, 0.05) is 11.4 Å². The molecule has 18 heavy (non-hydrogen) atoms. The number of hydrogen-bond acceptors (Lipinski definition) is 1. The highest BCUT2D eigenvalue weighted by Gasteiger charge is 2.31. The molecule has 0 aliphatic rings. The van der Waals surface area contributed by atoms with E-state index >= 15 is 0 Å². The Labute approximate surface area is 112 Å². The topological polar surface area (TPSA) is 12.0 Å². The van der Waals surface area contributed by atoms with Gasteiger partial charge in [-0.1, -0.05) is 22.9 Å². The van der Waals surface area contributed by atoms with E-state index in [1.54, 1.807) is 0 Å². The van der Waals surface area contributed by atoms with Gasteiger partial charge in [-0.15, -0.1) is 0 Å². The molecule has 1 N–H and O–H groups in total. The van der Waals surface area contributed by atoms with Gasteiger partial charge in [-0.3, -0.25) is 0 Å². The average Bonchev–Trinajstić information content (AvgIpc) is 2.29. The van der Waals surface area contributed by atoms with Crippen molar-refractivity contribution in [2.24, 2.45) is 5.92 Å². The first kappa shape index (κ1) is 15.3. The van der Waals surface area contributed by atoms with Crippen LogP contribution in [0, 0.1) is 11.7 Å². The molecule has 0 aliphatic heterocycles. The van der Waals surface area contributed by atoms with E-state index in [-0.39, 0.29) is 17.6 Å². The van der Waals surface area contributed by atoms with E-state index in [4.69, 9.17) is 0 Å². The van der Waals surface area contributed by atoms with Crippen LogP contribution in [0.3, 0.4) is 0 Å². The van der Waals surface area contributed by atoms with E-state index < -0.39 is 17.6 Å². The molecule has 1 nitrogen and oxygen atoms in total. The maximum Gasteiger partial charge on any atom is 0.416 e. The molecule has 0 heterocycles. The van der Waals surface area contributed by atoms with Gasteiger partial charge in [0.1, 0.15) is 5.82 Å². The van der Waals surface area contributed by atoms with E-state index in [2.05, 4.69) is 21.2 Å². The molecule has 2 atom stereocenters. The van der Waals surface area contributed by atoms with Crippen LogP contribution >= 0.6 is 15.9 Å². The molecule has 6 heteroatoms. The van der Waals surface area contributed by atoms with Crippen LogP contribution in [0.15, 0.2) is 18.2 Å². The molecule has 0 radical (unpaired) electrons. The fourth-order valence-electron chi connectivity index (χ4n) is 1.33. The summed E-state index contributed by atoms with van der Waals surface area (Å²) in [7, 11) is 0. The molecular weight excluding hydrogens is 314 g/mol. The second-order valence-corrected chi connectivity index (χ2v) is 4.90. The molecule has 102 valence electrons. The summed E-state index contributed by atoms with van der Waals surface area (Å²) in [6.45, 7) is 3.80. The van der Waals surface area contributed by atoms with Crippen LogP contribution in [0.4, 0.5) is 23.2 Å². The third-order valence-electron chi connectivity index (χ3n) is 2.78. The molecule has 0 amide bonds. The highest BCUT2D eigenvalue weighted by atomic mass is 79.9. The zero-order valence-corrected chi connectivity index (χ0v) is 11.6. The fraction of sp³-hybridized carbons (Fsp3) is 0.500. The summed E-state index contributed by atoms with van der Waals surface area (Å²) in [6, 6.07) is 2.45. The van der Waals surface area contributed by atoms with Crippen molar-refractivity contribution in [3.8, 4) is 0 Å². The first-order chi connectivity index (χ1) is 8.25. The van der Waals surface area contributed by atoms with Crippen molar-refractivity contribution in [3.05, 3.63) is 29.6 Å². The lowest BCUT2D eigenvalue weighted by Crippen LogP contribution is -2.25. The molecule has 0 bridgehead atoms. The smallest absolute Gasteiger partial charge is 0.380 e. The van der Waals surface area contributed by atoms with Crippen LogP contribution in [0.5, 0.6) is 0 Å². The van der Waals surface area contributed by atoms with Gasteiger partial charge >= 0.3 is 6.18 Å². The van der Waals surface area contributed by atoms with Gasteiger partial charge in [0.2, 0.25) is 0 Å². The molecule has 0 saturated heterocycles. The first-order valence-corrected chi connectivity index (χ1v) is 6.57. The van der Waals surface area contributed by atoms with Crippen molar-refractivity contribution in [2.75, 3.05) is 10.6 Å². The van der Waals surface area contributed by atoms with E-state index in [0.717, 1.165) is 17.5 Å². The summed E-state index contributed by atoms with van der Waals surface area (Å²) in [4.78, 5) is 0. The van der Waals surface area contributed by atoms with Crippen LogP contribution in [-0.4, -0.2) is 11.4 Å². The molecule has 0 aliphatic carbocycles. The second kappa shape index (κ2) is 5.91. The van der Waals surface area contributed by atoms with Crippen LogP contribution in [0.2, 0.25) is 0 Å². The molecule has 2 unspecified atom stereocenters. The summed E-state index contributed by atoms with van der Waals surface area (Å²) < 4.78 is 50.6. The summed E-state index contributed by atoms with van der Waals surface area (Å²) >= 11 is 3.30. The molecular formula is C12H14BrF4N. The molecule has 1 aromatic rings. The maximum atomic E-state index is 13.5. The van der Waals surface area contributed by atoms with Gasteiger partial charge in [-0.2, -0.15) is 13.2 Å². The van der Waals surface area contributed by atoms with Crippen molar-refractivity contribution < 1.29 is 17.6 Å². The largest absolute Gasteiger partial charge is 0.416 e. The average molecular weight is 328 g/mol. The summed E-state index contributed by atoms with van der Waals surface area (Å²) in [5.74, 6) is -0.662. The van der Waals surface area contributed by atoms with Gasteiger partial charge in [-0.05, 0) is 31.0 Å². The quantitative estimate of drug-likeness (QED) is 0.625. The van der Waals surface area contributed by atoms with Gasteiger partial charge in [-0.25, -0.2) is 4.39 Å². The minimum absolute atomic E-state index is 0.0457. The number of nitrogens with one attached hydrogen (secondary N) is 1. The minimum Gasteiger partial charge on any atom is -0.380 e. The first-order valence-electron chi connectivity index (χ1n) is 5.45. The number of anilines is 1. The summed E-state index contributed by atoms with van der Waals surface area (Å²) in [6.07, 6.45) is -4.52. The molecule has 0 aromatic heterocycles. The SMILES string of the molecule is CC(CBr)C(C)Nc1ccc(C(F)(F)F)cc1F. The van der Waals surface area contributed by atoms with Crippen molar-refractivity contribution >= 4 is 21.6 Å². The van der Waals surface area contributed by atoms with Crippen LogP contribution in [-0.2, 0) is 6.18 Å². The third kappa shape index (κ3) is 3.86. The highest BCUT2D eigenvalue weighted by molar-refractivity contribution is 9.09. The highest BCUT2D eigenvalue weighted by Crippen LogP contribution is 2.31. The van der Waals surface area contributed by atoms with Crippen molar-refractivity contribution in [2.45, 2.75) is 26.1 Å². The van der Waals surface area contributed by atoms with E-state index in [1.165, 1.54) is 0 Å². The van der Waals surface area contributed by atoms with Crippen LogP contribution in [0.25, 0.3) is 0 Å². The predicted octanol–water partition coefficient (Wildman–Crippen LogP) is 4.68. The van der Waals surface area contributed by atoms with Crippen molar-refractivity contribution in [1.82, 2.24) is 0 Å². The Morgan fingerprint density at radius 1 is 1.28 bits per heavy atom. The standard InChI is InChI=1S/C12H14BrF4N/c1-7(6-13)8(2)18-11-4-3-9(5-10(11)14)12(15,16)17/h3-5,7-8,18H,6H2,1-2H3. The monoisotopic (exact) mass is 327 g/mol. The lowest BCUT2D eigenvalue weighted by Gasteiger charge is -2.21. The number of alkyl halides is 4. The van der Waals surface area contributed by atoms with E-state index in [9.17, 15) is 17.6 Å². The van der Waals surface area contributed by atoms with E-state index in [0.29, 0.717) is 6.07 Å². The number of benzene rings is 1. The molecule has 1 aromatic carbocycles. The Morgan fingerprint density at radius 3 is 2.33 bits per heavy atom. The zero-order chi connectivity index (χ0) is 13.9. The lowest BCUT2D eigenvalue weighted by molar-refractivity contribution is -0.137. The van der Waals surface area contributed by atoms with Crippen molar-refractivity contribution in [3.63, 3.8) is 0 Å². The Hall–Kier alpha value is -0.780. The molecule has 0 spiro atoms. The zero-order valence-electron chi connectivity index (χ0n) is 9.98. The van der Waals surface area contributed by atoms with E-state index in [1.807, 2.05) is 13.8 Å². The maximum absolute atomic E-state index is 13.5. The molecule has 0 fully saturated rings. The third-order valence-corrected chi connectivity index (χ3v) is 3.80. The normalized spacial score (nSPS) is 15.3. The van der Waals surface area contributed by atoms with Gasteiger partial charge in [0.25, 0.3) is 0 Å². The summed E-state index contributed by atoms with van der Waals surface area (Å²) in [5.41, 5.74) is -0.893. The summed E-state index contributed by atoms with van der Waals surface area (Å²) in [5, 5.41) is 3.59. The van der Waals surface area contributed by atoms with Gasteiger partial charge in [0.15, 0.2) is 0 Å². The van der Waals surface area contributed by atoms with Gasteiger partial charge in [0.05, 0.1) is 11.3 Å². The number of halogens is 5. The lowest BCUT2D eigenvalue weighted by atomic mass is 10.1. The fourth-order valence-corrected chi connectivity index (χ4v) is 1.89. The Balaban J connectivity index is 2.87. The second-order valence-electron chi connectivity index (χ2n) is 4.26. The van der Waals surface area contributed by atoms with Gasteiger partial charge < -0.3 is 5.32 Å².